The number of amides is 2. The summed E-state index contributed by atoms with van der Waals surface area (Å²) >= 11 is 12.1. The van der Waals surface area contributed by atoms with Crippen LogP contribution >= 0.6 is 23.2 Å². The Morgan fingerprint density at radius 3 is 2.43 bits per heavy atom. The van der Waals surface area contributed by atoms with Crippen LogP contribution in [0.5, 0.6) is 0 Å². The molecule has 0 radical (unpaired) electrons. The van der Waals surface area contributed by atoms with E-state index in [1.807, 2.05) is 30.3 Å². The van der Waals surface area contributed by atoms with Crippen molar-refractivity contribution in [3.63, 3.8) is 0 Å². The molecule has 0 saturated heterocycles. The smallest absolute Gasteiger partial charge is 0.256 e. The zero-order valence-electron chi connectivity index (χ0n) is 15.4. The quantitative estimate of drug-likeness (QED) is 0.780. The minimum absolute atomic E-state index is 0.0242. The van der Waals surface area contributed by atoms with Gasteiger partial charge < -0.3 is 5.32 Å². The molecule has 0 saturated carbocycles. The van der Waals surface area contributed by atoms with Crippen LogP contribution in [0.1, 0.15) is 12.0 Å². The van der Waals surface area contributed by atoms with Crippen molar-refractivity contribution in [2.45, 2.75) is 6.42 Å². The molecule has 8 heteroatoms. The number of nitrogens with one attached hydrogen (secondary N) is 1. The Labute approximate surface area is 173 Å². The third-order valence-electron chi connectivity index (χ3n) is 4.24. The minimum atomic E-state index is -0.305. The molecule has 146 valence electrons. The molecule has 0 aromatic heterocycles. The molecule has 2 aromatic carbocycles. The van der Waals surface area contributed by atoms with Gasteiger partial charge in [-0.3, -0.25) is 14.5 Å². The van der Waals surface area contributed by atoms with Gasteiger partial charge in [-0.15, -0.1) is 0 Å². The van der Waals surface area contributed by atoms with E-state index in [2.05, 4.69) is 10.4 Å². The van der Waals surface area contributed by atoms with Crippen molar-refractivity contribution in [2.75, 3.05) is 32.0 Å². The zero-order chi connectivity index (χ0) is 20.1. The lowest BCUT2D eigenvalue weighted by Gasteiger charge is -2.19. The van der Waals surface area contributed by atoms with E-state index in [0.29, 0.717) is 28.7 Å². The van der Waals surface area contributed by atoms with Gasteiger partial charge in [0.25, 0.3) is 5.91 Å². The molecule has 6 nitrogen and oxygen atoms in total. The summed E-state index contributed by atoms with van der Waals surface area (Å²) < 4.78 is 0. The van der Waals surface area contributed by atoms with E-state index in [-0.39, 0.29) is 24.9 Å². The lowest BCUT2D eigenvalue weighted by molar-refractivity contribution is -0.132. The largest absolute Gasteiger partial charge is 0.322 e. The maximum absolute atomic E-state index is 12.5. The number of hydrogen-bond donors (Lipinski definition) is 1. The number of likely N-dealkylation sites (N-methyl/N-ethyl adjacent to an activating group) is 1. The molecule has 1 N–H and O–H groups in total. The molecular weight excluding hydrogens is 399 g/mol. The molecule has 2 amide bonds. The number of benzene rings is 2. The number of nitrogens with zero attached hydrogens (tertiary/aromatic N) is 3. The van der Waals surface area contributed by atoms with Crippen LogP contribution in [0.2, 0.25) is 10.0 Å². The molecule has 1 heterocycles. The minimum Gasteiger partial charge on any atom is -0.322 e. The van der Waals surface area contributed by atoms with Crippen molar-refractivity contribution in [2.24, 2.45) is 5.10 Å². The average Bonchev–Trinajstić information content (AvgIpc) is 3.16. The average molecular weight is 419 g/mol. The van der Waals surface area contributed by atoms with Crippen LogP contribution in [0.4, 0.5) is 5.69 Å². The summed E-state index contributed by atoms with van der Waals surface area (Å²) in [5.41, 5.74) is 2.28. The van der Waals surface area contributed by atoms with Crippen LogP contribution in [0.3, 0.4) is 0 Å². The van der Waals surface area contributed by atoms with Crippen LogP contribution in [-0.2, 0) is 9.59 Å². The SMILES string of the molecule is CN(CC(=O)Nc1c(Cl)cccc1Cl)CC(=O)N1CCC(c2ccccc2)=N1. The van der Waals surface area contributed by atoms with Crippen LogP contribution in [0.25, 0.3) is 0 Å². The Balaban J connectivity index is 1.53. The second kappa shape index (κ2) is 9.19. The number of carbonyl (C=O) groups is 2. The van der Waals surface area contributed by atoms with Gasteiger partial charge in [0.05, 0.1) is 41.1 Å². The molecular formula is C20H20Cl2N4O2. The number of carbonyl (C=O) groups excluding carboxylic acids is 2. The Hall–Kier alpha value is -2.41. The van der Waals surface area contributed by atoms with Crippen LogP contribution in [0, 0.1) is 0 Å². The zero-order valence-corrected chi connectivity index (χ0v) is 16.9. The third-order valence-corrected chi connectivity index (χ3v) is 4.87. The third kappa shape index (κ3) is 5.10. The monoisotopic (exact) mass is 418 g/mol. The van der Waals surface area contributed by atoms with Crippen molar-refractivity contribution in [1.82, 2.24) is 9.91 Å². The number of anilines is 1. The first-order chi connectivity index (χ1) is 13.4. The summed E-state index contributed by atoms with van der Waals surface area (Å²) in [5.74, 6) is -0.461. The van der Waals surface area contributed by atoms with E-state index < -0.39 is 0 Å². The fourth-order valence-corrected chi connectivity index (χ4v) is 3.37. The first kappa shape index (κ1) is 20.3. The number of rotatable bonds is 6. The highest BCUT2D eigenvalue weighted by atomic mass is 35.5. The Kier molecular flexibility index (Phi) is 6.67. The molecule has 0 atom stereocenters. The van der Waals surface area contributed by atoms with E-state index in [1.165, 1.54) is 5.01 Å². The van der Waals surface area contributed by atoms with Crippen molar-refractivity contribution >= 4 is 46.4 Å². The van der Waals surface area contributed by atoms with Gasteiger partial charge in [-0.1, -0.05) is 59.6 Å². The van der Waals surface area contributed by atoms with Crippen molar-refractivity contribution in [3.05, 3.63) is 64.1 Å². The van der Waals surface area contributed by atoms with E-state index in [9.17, 15) is 9.59 Å². The first-order valence-corrected chi connectivity index (χ1v) is 9.55. The van der Waals surface area contributed by atoms with Gasteiger partial charge in [0, 0.05) is 6.42 Å². The molecule has 0 aliphatic carbocycles. The predicted molar refractivity (Wildman–Crippen MR) is 112 cm³/mol. The second-order valence-electron chi connectivity index (χ2n) is 6.50. The van der Waals surface area contributed by atoms with Crippen LogP contribution in [-0.4, -0.2) is 54.1 Å². The van der Waals surface area contributed by atoms with Gasteiger partial charge in [-0.2, -0.15) is 5.10 Å². The summed E-state index contributed by atoms with van der Waals surface area (Å²) in [5, 5.41) is 9.28. The molecule has 1 aliphatic heterocycles. The highest BCUT2D eigenvalue weighted by molar-refractivity contribution is 6.39. The van der Waals surface area contributed by atoms with Gasteiger partial charge in [-0.25, -0.2) is 5.01 Å². The van der Waals surface area contributed by atoms with Gasteiger partial charge in [-0.05, 0) is 24.7 Å². The summed E-state index contributed by atoms with van der Waals surface area (Å²) in [6.07, 6.45) is 0.713. The number of halogens is 2. The second-order valence-corrected chi connectivity index (χ2v) is 7.31. The molecule has 2 aromatic rings. The van der Waals surface area contributed by atoms with E-state index in [0.717, 1.165) is 11.3 Å². The van der Waals surface area contributed by atoms with E-state index in [1.54, 1.807) is 30.1 Å². The van der Waals surface area contributed by atoms with E-state index in [4.69, 9.17) is 23.2 Å². The van der Waals surface area contributed by atoms with Crippen molar-refractivity contribution in [3.8, 4) is 0 Å². The highest BCUT2D eigenvalue weighted by Gasteiger charge is 2.23. The molecule has 0 bridgehead atoms. The summed E-state index contributed by atoms with van der Waals surface area (Å²) in [7, 11) is 1.70. The number of hydrogen-bond acceptors (Lipinski definition) is 4. The first-order valence-electron chi connectivity index (χ1n) is 8.79. The van der Waals surface area contributed by atoms with Gasteiger partial charge >= 0.3 is 0 Å². The molecule has 28 heavy (non-hydrogen) atoms. The predicted octanol–water partition coefficient (Wildman–Crippen LogP) is 3.50. The fourth-order valence-electron chi connectivity index (χ4n) is 2.88. The molecule has 0 fully saturated rings. The van der Waals surface area contributed by atoms with Crippen LogP contribution < -0.4 is 5.32 Å². The van der Waals surface area contributed by atoms with Gasteiger partial charge in [0.2, 0.25) is 5.91 Å². The van der Waals surface area contributed by atoms with Gasteiger partial charge in [0.15, 0.2) is 0 Å². The van der Waals surface area contributed by atoms with Gasteiger partial charge in [0.1, 0.15) is 0 Å². The Morgan fingerprint density at radius 1 is 1.07 bits per heavy atom. The summed E-state index contributed by atoms with van der Waals surface area (Å²) in [6, 6.07) is 14.8. The fraction of sp³-hybridized carbons (Fsp3) is 0.250. The lowest BCUT2D eigenvalue weighted by atomic mass is 10.1. The topological polar surface area (TPSA) is 65.0 Å². The molecule has 0 spiro atoms. The normalized spacial score (nSPS) is 13.6. The maximum Gasteiger partial charge on any atom is 0.256 e. The Morgan fingerprint density at radius 2 is 1.75 bits per heavy atom. The number of para-hydroxylation sites is 1. The number of hydrazone groups is 1. The van der Waals surface area contributed by atoms with Crippen LogP contribution in [0.15, 0.2) is 53.6 Å². The summed E-state index contributed by atoms with van der Waals surface area (Å²) in [6.45, 7) is 0.643. The lowest BCUT2D eigenvalue weighted by Crippen LogP contribution is -2.38. The maximum atomic E-state index is 12.5. The Bertz CT molecular complexity index is 882. The molecule has 1 aliphatic rings. The van der Waals surface area contributed by atoms with Crippen molar-refractivity contribution in [1.29, 1.82) is 0 Å². The molecule has 0 unspecified atom stereocenters. The highest BCUT2D eigenvalue weighted by Crippen LogP contribution is 2.29. The van der Waals surface area contributed by atoms with E-state index >= 15 is 0 Å². The molecule has 3 rings (SSSR count). The summed E-state index contributed by atoms with van der Waals surface area (Å²) in [4.78, 5) is 26.4. The van der Waals surface area contributed by atoms with Crippen molar-refractivity contribution < 1.29 is 9.59 Å². The standard InChI is InChI=1S/C20H20Cl2N4O2/c1-25(12-18(27)23-20-15(21)8-5-9-16(20)22)13-19(28)26-11-10-17(24-26)14-6-3-2-4-7-14/h2-9H,10-13H2,1H3,(H,23,27).